The van der Waals surface area contributed by atoms with E-state index in [9.17, 15) is 26.4 Å². The number of hydrogen-bond acceptors (Lipinski definition) is 4. The third-order valence-corrected chi connectivity index (χ3v) is 6.60. The molecule has 0 heterocycles. The highest BCUT2D eigenvalue weighted by molar-refractivity contribution is 7.92. The average Bonchev–Trinajstić information content (AvgIpc) is 2.80. The second kappa shape index (κ2) is 11.2. The van der Waals surface area contributed by atoms with Gasteiger partial charge < -0.3 is 10.1 Å². The summed E-state index contributed by atoms with van der Waals surface area (Å²) in [6.45, 7) is 2.26. The smallest absolute Gasteiger partial charge is 0.417 e. The Bertz CT molecular complexity index is 1330. The van der Waals surface area contributed by atoms with Crippen LogP contribution >= 0.6 is 11.6 Å². The topological polar surface area (TPSA) is 75.7 Å². The Morgan fingerprint density at radius 2 is 1.75 bits per heavy atom. The number of rotatable bonds is 9. The number of aryl methyl sites for hydroxylation is 1. The Kier molecular flexibility index (Phi) is 8.52. The number of halogens is 4. The molecule has 0 aliphatic heterocycles. The summed E-state index contributed by atoms with van der Waals surface area (Å²) >= 11 is 5.66. The van der Waals surface area contributed by atoms with Crippen LogP contribution in [0.4, 0.5) is 18.9 Å². The Balaban J connectivity index is 1.65. The van der Waals surface area contributed by atoms with Gasteiger partial charge in [-0.1, -0.05) is 35.9 Å². The number of carbonyl (C=O) groups excluding carboxylic acids is 1. The second-order valence-electron chi connectivity index (χ2n) is 8.05. The molecule has 3 aromatic carbocycles. The van der Waals surface area contributed by atoms with Crippen molar-refractivity contribution in [3.63, 3.8) is 0 Å². The third kappa shape index (κ3) is 7.38. The molecule has 0 saturated heterocycles. The number of sulfonamides is 1. The van der Waals surface area contributed by atoms with E-state index in [1.165, 1.54) is 30.3 Å². The van der Waals surface area contributed by atoms with Crippen LogP contribution in [-0.4, -0.2) is 33.7 Å². The van der Waals surface area contributed by atoms with E-state index in [4.69, 9.17) is 16.3 Å². The Morgan fingerprint density at radius 1 is 1.06 bits per heavy atom. The van der Waals surface area contributed by atoms with E-state index in [1.807, 2.05) is 31.2 Å². The number of carbonyl (C=O) groups is 1. The van der Waals surface area contributed by atoms with Gasteiger partial charge in [-0.2, -0.15) is 13.2 Å². The lowest BCUT2D eigenvalue weighted by molar-refractivity contribution is -0.137. The van der Waals surface area contributed by atoms with Gasteiger partial charge in [-0.3, -0.25) is 9.10 Å². The quantitative estimate of drug-likeness (QED) is 0.367. The van der Waals surface area contributed by atoms with Crippen LogP contribution < -0.4 is 14.4 Å². The number of ether oxygens (including phenoxy) is 1. The highest BCUT2D eigenvalue weighted by atomic mass is 35.5. The highest BCUT2D eigenvalue weighted by Crippen LogP contribution is 2.37. The molecule has 36 heavy (non-hydrogen) atoms. The van der Waals surface area contributed by atoms with Crippen molar-refractivity contribution in [1.29, 1.82) is 0 Å². The maximum Gasteiger partial charge on any atom is 0.417 e. The summed E-state index contributed by atoms with van der Waals surface area (Å²) in [5, 5.41) is 2.20. The van der Waals surface area contributed by atoms with E-state index in [1.54, 1.807) is 0 Å². The van der Waals surface area contributed by atoms with Crippen molar-refractivity contribution < 1.29 is 31.1 Å². The van der Waals surface area contributed by atoms with Crippen molar-refractivity contribution in [2.24, 2.45) is 0 Å². The average molecular weight is 541 g/mol. The molecule has 0 bridgehead atoms. The molecule has 1 amide bonds. The monoisotopic (exact) mass is 540 g/mol. The molecule has 0 aromatic heterocycles. The van der Waals surface area contributed by atoms with Gasteiger partial charge >= 0.3 is 6.18 Å². The molecular formula is C25H24ClF3N2O4S. The molecular weight excluding hydrogens is 517 g/mol. The Hall–Kier alpha value is -3.24. The molecule has 3 rings (SSSR count). The van der Waals surface area contributed by atoms with Gasteiger partial charge in [0, 0.05) is 5.56 Å². The fraction of sp³-hybridized carbons (Fsp3) is 0.240. The van der Waals surface area contributed by atoms with Gasteiger partial charge in [-0.15, -0.1) is 0 Å². The molecule has 0 aliphatic carbocycles. The van der Waals surface area contributed by atoms with Crippen LogP contribution in [0.5, 0.6) is 5.75 Å². The van der Waals surface area contributed by atoms with E-state index in [0.29, 0.717) is 22.9 Å². The van der Waals surface area contributed by atoms with E-state index >= 15 is 0 Å². The summed E-state index contributed by atoms with van der Waals surface area (Å²) in [6.07, 6.45) is -3.84. The SMILES string of the molecule is Cc1cccc(OCCNC(=O)c2ccc(CN(c3ccc(Cl)c(C(F)(F)F)c3)S(C)(=O)=O)cc2)c1. The van der Waals surface area contributed by atoms with Gasteiger partial charge in [0.1, 0.15) is 12.4 Å². The Morgan fingerprint density at radius 3 is 2.36 bits per heavy atom. The largest absolute Gasteiger partial charge is 0.492 e. The maximum atomic E-state index is 13.3. The summed E-state index contributed by atoms with van der Waals surface area (Å²) in [5.74, 6) is 0.356. The van der Waals surface area contributed by atoms with Gasteiger partial charge in [0.25, 0.3) is 5.91 Å². The van der Waals surface area contributed by atoms with Crippen LogP contribution in [0.15, 0.2) is 66.7 Å². The fourth-order valence-corrected chi connectivity index (χ4v) is 4.46. The number of anilines is 1. The zero-order valence-electron chi connectivity index (χ0n) is 19.5. The minimum absolute atomic E-state index is 0.176. The van der Waals surface area contributed by atoms with Crippen LogP contribution in [0.2, 0.25) is 5.02 Å². The molecule has 3 aromatic rings. The predicted molar refractivity (Wildman–Crippen MR) is 133 cm³/mol. The van der Waals surface area contributed by atoms with Crippen molar-refractivity contribution in [3.8, 4) is 5.75 Å². The molecule has 0 radical (unpaired) electrons. The van der Waals surface area contributed by atoms with Crippen molar-refractivity contribution in [1.82, 2.24) is 5.32 Å². The number of benzene rings is 3. The number of amides is 1. The van der Waals surface area contributed by atoms with Crippen molar-refractivity contribution in [2.75, 3.05) is 23.7 Å². The molecule has 0 saturated carbocycles. The first kappa shape index (κ1) is 27.3. The van der Waals surface area contributed by atoms with Crippen LogP contribution in [0.3, 0.4) is 0 Å². The first-order valence-electron chi connectivity index (χ1n) is 10.8. The van der Waals surface area contributed by atoms with Gasteiger partial charge in [-0.05, 0) is 60.5 Å². The van der Waals surface area contributed by atoms with Crippen LogP contribution in [0.1, 0.15) is 27.0 Å². The molecule has 1 N–H and O–H groups in total. The summed E-state index contributed by atoms with van der Waals surface area (Å²) in [6, 6.07) is 16.5. The van der Waals surface area contributed by atoms with Crippen LogP contribution in [0, 0.1) is 6.92 Å². The molecule has 0 unspecified atom stereocenters. The van der Waals surface area contributed by atoms with E-state index in [0.717, 1.165) is 22.2 Å². The maximum absolute atomic E-state index is 13.3. The lowest BCUT2D eigenvalue weighted by atomic mass is 10.1. The number of nitrogens with one attached hydrogen (secondary N) is 1. The number of hydrogen-bond donors (Lipinski definition) is 1. The van der Waals surface area contributed by atoms with Gasteiger partial charge in [0.2, 0.25) is 10.0 Å². The molecule has 192 valence electrons. The highest BCUT2D eigenvalue weighted by Gasteiger charge is 2.34. The molecule has 6 nitrogen and oxygen atoms in total. The zero-order valence-corrected chi connectivity index (χ0v) is 21.0. The van der Waals surface area contributed by atoms with Crippen LogP contribution in [0.25, 0.3) is 0 Å². The fourth-order valence-electron chi connectivity index (χ4n) is 3.35. The normalized spacial score (nSPS) is 11.7. The lowest BCUT2D eigenvalue weighted by Gasteiger charge is -2.24. The van der Waals surface area contributed by atoms with E-state index < -0.39 is 26.8 Å². The van der Waals surface area contributed by atoms with Crippen molar-refractivity contribution >= 4 is 33.2 Å². The lowest BCUT2D eigenvalue weighted by Crippen LogP contribution is -2.30. The third-order valence-electron chi connectivity index (χ3n) is 5.13. The number of nitrogens with zero attached hydrogens (tertiary/aromatic N) is 1. The van der Waals surface area contributed by atoms with Gasteiger partial charge in [0.05, 0.1) is 35.6 Å². The number of alkyl halides is 3. The molecule has 11 heteroatoms. The first-order chi connectivity index (χ1) is 16.8. The molecule has 0 aliphatic rings. The summed E-state index contributed by atoms with van der Waals surface area (Å²) in [7, 11) is -3.93. The summed E-state index contributed by atoms with van der Waals surface area (Å²) in [4.78, 5) is 12.4. The van der Waals surface area contributed by atoms with Crippen molar-refractivity contribution in [2.45, 2.75) is 19.6 Å². The van der Waals surface area contributed by atoms with E-state index in [-0.39, 0.29) is 31.3 Å². The molecule has 0 fully saturated rings. The zero-order chi connectivity index (χ0) is 26.5. The second-order valence-corrected chi connectivity index (χ2v) is 10.4. The minimum Gasteiger partial charge on any atom is -0.492 e. The van der Waals surface area contributed by atoms with Crippen molar-refractivity contribution in [3.05, 3.63) is 94.0 Å². The molecule has 0 atom stereocenters. The predicted octanol–water partition coefficient (Wildman–Crippen LogP) is 5.44. The standard InChI is InChI=1S/C25H24ClF3N2O4S/c1-17-4-3-5-21(14-17)35-13-12-30-24(32)19-8-6-18(7-9-19)16-31(36(2,33)34)20-10-11-23(26)22(15-20)25(27,28)29/h3-11,14-15H,12-13,16H2,1-2H3,(H,30,32). The van der Waals surface area contributed by atoms with Gasteiger partial charge in [-0.25, -0.2) is 8.42 Å². The first-order valence-corrected chi connectivity index (χ1v) is 13.0. The Labute approximate surface area is 212 Å². The summed E-state index contributed by atoms with van der Waals surface area (Å²) in [5.41, 5.74) is 0.565. The van der Waals surface area contributed by atoms with E-state index in [2.05, 4.69) is 5.32 Å². The van der Waals surface area contributed by atoms with Gasteiger partial charge in [0.15, 0.2) is 0 Å². The van der Waals surface area contributed by atoms with Crippen LogP contribution in [-0.2, 0) is 22.7 Å². The summed E-state index contributed by atoms with van der Waals surface area (Å²) < 4.78 is 70.9. The minimum atomic E-state index is -4.74. The molecule has 0 spiro atoms.